The van der Waals surface area contributed by atoms with Crippen LogP contribution in [0.15, 0.2) is 70.5 Å². The highest BCUT2D eigenvalue weighted by atomic mass is 35.5. The van der Waals surface area contributed by atoms with Crippen LogP contribution in [-0.4, -0.2) is 48.7 Å². The normalized spacial score (nSPS) is 14.8. The third-order valence-corrected chi connectivity index (χ3v) is 7.61. The molecule has 1 saturated heterocycles. The summed E-state index contributed by atoms with van der Waals surface area (Å²) in [6.45, 7) is 1.55. The van der Waals surface area contributed by atoms with Crippen molar-refractivity contribution in [3.63, 3.8) is 0 Å². The molecule has 8 nitrogen and oxygen atoms in total. The quantitative estimate of drug-likeness (QED) is 0.568. The van der Waals surface area contributed by atoms with E-state index in [1.54, 1.807) is 6.20 Å². The molecule has 4 rings (SSSR count). The maximum absolute atomic E-state index is 12.9. The van der Waals surface area contributed by atoms with Gasteiger partial charge in [0.1, 0.15) is 5.02 Å². The number of rotatable bonds is 5. The zero-order chi connectivity index (χ0) is 22.7. The fourth-order valence-corrected chi connectivity index (χ4v) is 5.25. The van der Waals surface area contributed by atoms with Crippen LogP contribution in [-0.2, 0) is 16.6 Å². The van der Waals surface area contributed by atoms with Crippen LogP contribution in [0.3, 0.4) is 0 Å². The van der Waals surface area contributed by atoms with Crippen molar-refractivity contribution in [3.8, 4) is 6.07 Å². The van der Waals surface area contributed by atoms with E-state index in [0.29, 0.717) is 30.9 Å². The zero-order valence-corrected chi connectivity index (χ0v) is 18.6. The Bertz CT molecular complexity index is 1310. The van der Waals surface area contributed by atoms with Crippen LogP contribution in [0, 0.1) is 11.3 Å². The molecule has 164 valence electrons. The number of hydrogen-bond acceptors (Lipinski definition) is 6. The summed E-state index contributed by atoms with van der Waals surface area (Å²) < 4.78 is 28.5. The van der Waals surface area contributed by atoms with Gasteiger partial charge in [0.15, 0.2) is 0 Å². The summed E-state index contributed by atoms with van der Waals surface area (Å²) >= 11 is 6.38. The highest BCUT2D eigenvalue weighted by molar-refractivity contribution is 7.89. The van der Waals surface area contributed by atoms with Gasteiger partial charge in [0, 0.05) is 26.2 Å². The average molecular weight is 470 g/mol. The molecule has 1 fully saturated rings. The van der Waals surface area contributed by atoms with Crippen molar-refractivity contribution in [2.24, 2.45) is 0 Å². The molecule has 3 aromatic rings. The van der Waals surface area contributed by atoms with Crippen LogP contribution in [0.1, 0.15) is 11.1 Å². The van der Waals surface area contributed by atoms with Gasteiger partial charge in [-0.1, -0.05) is 41.9 Å². The van der Waals surface area contributed by atoms with Gasteiger partial charge < -0.3 is 4.90 Å². The maximum Gasteiger partial charge on any atom is 0.287 e. The molecule has 2 aromatic carbocycles. The topological polar surface area (TPSA) is 99.3 Å². The minimum absolute atomic E-state index is 0.0688. The molecule has 0 atom stereocenters. The molecule has 1 aromatic heterocycles. The smallest absolute Gasteiger partial charge is 0.287 e. The van der Waals surface area contributed by atoms with Gasteiger partial charge >= 0.3 is 0 Å². The average Bonchev–Trinajstić information content (AvgIpc) is 2.83. The van der Waals surface area contributed by atoms with Crippen LogP contribution in [0.5, 0.6) is 0 Å². The summed E-state index contributed by atoms with van der Waals surface area (Å²) in [6, 6.07) is 17.3. The molecule has 2 heterocycles. The Labute approximate surface area is 190 Å². The van der Waals surface area contributed by atoms with Gasteiger partial charge in [-0.25, -0.2) is 13.1 Å². The van der Waals surface area contributed by atoms with Crippen LogP contribution in [0.25, 0.3) is 0 Å². The predicted molar refractivity (Wildman–Crippen MR) is 121 cm³/mol. The van der Waals surface area contributed by atoms with Crippen LogP contribution in [0.4, 0.5) is 5.69 Å². The molecule has 1 aliphatic heterocycles. The number of halogens is 1. The lowest BCUT2D eigenvalue weighted by atomic mass is 10.2. The summed E-state index contributed by atoms with van der Waals surface area (Å²) in [7, 11) is -3.67. The van der Waals surface area contributed by atoms with Crippen molar-refractivity contribution < 1.29 is 8.42 Å². The fraction of sp³-hybridized carbons (Fsp3) is 0.227. The predicted octanol–water partition coefficient (Wildman–Crippen LogP) is 2.33. The first-order valence-corrected chi connectivity index (χ1v) is 11.8. The van der Waals surface area contributed by atoms with E-state index in [0.717, 1.165) is 5.56 Å². The van der Waals surface area contributed by atoms with E-state index in [4.69, 9.17) is 16.9 Å². The minimum atomic E-state index is -3.67. The molecule has 0 bridgehead atoms. The first-order chi connectivity index (χ1) is 15.4. The number of nitriles is 1. The largest absolute Gasteiger partial charge is 0.366 e. The summed E-state index contributed by atoms with van der Waals surface area (Å²) in [5.41, 5.74) is 1.45. The first-order valence-electron chi connectivity index (χ1n) is 9.95. The molecular formula is C22H20ClN5O3S. The van der Waals surface area contributed by atoms with E-state index < -0.39 is 10.0 Å². The Morgan fingerprint density at radius 1 is 1.00 bits per heavy atom. The Morgan fingerprint density at radius 2 is 1.66 bits per heavy atom. The van der Waals surface area contributed by atoms with Crippen LogP contribution >= 0.6 is 11.6 Å². The van der Waals surface area contributed by atoms with Gasteiger partial charge in [-0.3, -0.25) is 4.79 Å². The number of hydrogen-bond donors (Lipinski definition) is 0. The lowest BCUT2D eigenvalue weighted by Crippen LogP contribution is -2.49. The highest BCUT2D eigenvalue weighted by Gasteiger charge is 2.29. The highest BCUT2D eigenvalue weighted by Crippen LogP contribution is 2.25. The van der Waals surface area contributed by atoms with E-state index in [2.05, 4.69) is 5.10 Å². The second-order valence-corrected chi connectivity index (χ2v) is 9.64. The monoisotopic (exact) mass is 469 g/mol. The first kappa shape index (κ1) is 22.0. The number of aromatic nitrogens is 2. The van der Waals surface area contributed by atoms with Gasteiger partial charge in [-0.15, -0.1) is 0 Å². The summed E-state index contributed by atoms with van der Waals surface area (Å²) in [5, 5.41) is 13.2. The molecule has 32 heavy (non-hydrogen) atoms. The van der Waals surface area contributed by atoms with Crippen molar-refractivity contribution in [1.29, 1.82) is 5.26 Å². The molecular weight excluding hydrogens is 450 g/mol. The van der Waals surface area contributed by atoms with Crippen molar-refractivity contribution in [3.05, 3.63) is 87.3 Å². The van der Waals surface area contributed by atoms with Gasteiger partial charge in [-0.2, -0.15) is 14.7 Å². The SMILES string of the molecule is N#Cc1ccc(S(=O)(=O)N2CCN(c3cnn(Cc4ccccc4)c(=O)c3Cl)CC2)cc1. The molecule has 0 amide bonds. The molecule has 0 saturated carbocycles. The van der Waals surface area contributed by atoms with E-state index in [1.807, 2.05) is 41.3 Å². The summed E-state index contributed by atoms with van der Waals surface area (Å²) in [6.07, 6.45) is 1.55. The Morgan fingerprint density at radius 3 is 2.28 bits per heavy atom. The second-order valence-electron chi connectivity index (χ2n) is 7.32. The summed E-state index contributed by atoms with van der Waals surface area (Å²) in [5.74, 6) is 0. The Kier molecular flexibility index (Phi) is 6.28. The molecule has 0 unspecified atom stereocenters. The molecule has 0 N–H and O–H groups in total. The number of nitrogens with zero attached hydrogens (tertiary/aromatic N) is 5. The van der Waals surface area contributed by atoms with Gasteiger partial charge in [0.25, 0.3) is 5.56 Å². The number of sulfonamides is 1. The Hall–Kier alpha value is -3.19. The van der Waals surface area contributed by atoms with Crippen molar-refractivity contribution in [2.75, 3.05) is 31.1 Å². The van der Waals surface area contributed by atoms with Crippen molar-refractivity contribution in [2.45, 2.75) is 11.4 Å². The number of benzene rings is 2. The van der Waals surface area contributed by atoms with Crippen molar-refractivity contribution >= 4 is 27.3 Å². The molecule has 0 radical (unpaired) electrons. The second kappa shape index (κ2) is 9.12. The van der Waals surface area contributed by atoms with E-state index >= 15 is 0 Å². The lowest BCUT2D eigenvalue weighted by molar-refractivity contribution is 0.384. The summed E-state index contributed by atoms with van der Waals surface area (Å²) in [4.78, 5) is 14.7. The van der Waals surface area contributed by atoms with Crippen molar-refractivity contribution in [1.82, 2.24) is 14.1 Å². The van der Waals surface area contributed by atoms with Gasteiger partial charge in [-0.05, 0) is 29.8 Å². The van der Waals surface area contributed by atoms with E-state index in [1.165, 1.54) is 33.3 Å². The molecule has 1 aliphatic rings. The third-order valence-electron chi connectivity index (χ3n) is 5.34. The van der Waals surface area contributed by atoms with Gasteiger partial charge in [0.2, 0.25) is 10.0 Å². The minimum Gasteiger partial charge on any atom is -0.366 e. The van der Waals surface area contributed by atoms with E-state index in [-0.39, 0.29) is 28.6 Å². The molecule has 0 aliphatic carbocycles. The fourth-order valence-electron chi connectivity index (χ4n) is 3.57. The van der Waals surface area contributed by atoms with Crippen LogP contribution in [0.2, 0.25) is 5.02 Å². The molecule has 10 heteroatoms. The zero-order valence-electron chi connectivity index (χ0n) is 17.1. The standard InChI is InChI=1S/C22H20ClN5O3S/c23-21-20(15-25-28(22(21)29)16-18-4-2-1-3-5-18)26-10-12-27(13-11-26)32(30,31)19-8-6-17(14-24)7-9-19/h1-9,15H,10-13,16H2. The third kappa shape index (κ3) is 4.39. The van der Waals surface area contributed by atoms with E-state index in [9.17, 15) is 13.2 Å². The molecule has 0 spiro atoms. The number of piperazine rings is 1. The number of anilines is 1. The van der Waals surface area contributed by atoms with Crippen LogP contribution < -0.4 is 10.5 Å². The van der Waals surface area contributed by atoms with Gasteiger partial charge in [0.05, 0.1) is 35.0 Å². The lowest BCUT2D eigenvalue weighted by Gasteiger charge is -2.35. The maximum atomic E-state index is 12.9. The Balaban J connectivity index is 1.47.